The van der Waals surface area contributed by atoms with Crippen LogP contribution in [0.25, 0.3) is 0 Å². The number of carbonyl (C=O) groups is 1. The van der Waals surface area contributed by atoms with Crippen LogP contribution in [0.5, 0.6) is 0 Å². The van der Waals surface area contributed by atoms with Gasteiger partial charge in [0.15, 0.2) is 5.82 Å². The zero-order chi connectivity index (χ0) is 20.2. The van der Waals surface area contributed by atoms with Gasteiger partial charge in [-0.2, -0.15) is 5.10 Å². The van der Waals surface area contributed by atoms with Crippen molar-refractivity contribution in [2.24, 2.45) is 0 Å². The number of amides is 1. The molecule has 0 saturated carbocycles. The predicted molar refractivity (Wildman–Crippen MR) is 108 cm³/mol. The van der Waals surface area contributed by atoms with Crippen LogP contribution in [0.2, 0.25) is 0 Å². The smallest absolute Gasteiger partial charge is 0.227 e. The Kier molecular flexibility index (Phi) is 5.67. The van der Waals surface area contributed by atoms with E-state index in [4.69, 9.17) is 4.74 Å². The molecular formula is C22H25N5O2. The maximum Gasteiger partial charge on any atom is 0.227 e. The van der Waals surface area contributed by atoms with Crippen molar-refractivity contribution in [2.75, 3.05) is 6.54 Å². The second-order valence-corrected chi connectivity index (χ2v) is 7.54. The highest BCUT2D eigenvalue weighted by Crippen LogP contribution is 2.32. The van der Waals surface area contributed by atoms with Crippen molar-refractivity contribution in [2.45, 2.75) is 45.4 Å². The van der Waals surface area contributed by atoms with Gasteiger partial charge in [-0.1, -0.05) is 35.9 Å². The van der Waals surface area contributed by atoms with Gasteiger partial charge in [-0.3, -0.25) is 14.9 Å². The quantitative estimate of drug-likeness (QED) is 0.698. The fourth-order valence-corrected chi connectivity index (χ4v) is 3.74. The van der Waals surface area contributed by atoms with Crippen LogP contribution < -0.4 is 0 Å². The highest BCUT2D eigenvalue weighted by molar-refractivity contribution is 5.79. The van der Waals surface area contributed by atoms with Gasteiger partial charge in [-0.05, 0) is 31.0 Å². The molecule has 0 radical (unpaired) electrons. The standard InChI is InChI=1S/C22H25N5O2/c1-15-5-3-6-18(9-15)14-29-19-11-20(22-24-16(2)25-26-22)27(13-19)21(28)10-17-7-4-8-23-12-17/h3-9,12,19-20H,10-11,13-14H2,1-2H3,(H,24,25,26)/t19-,20-/m0/s1. The van der Waals surface area contributed by atoms with Gasteiger partial charge in [0.1, 0.15) is 5.82 Å². The van der Waals surface area contributed by atoms with E-state index in [0.717, 1.165) is 17.0 Å². The summed E-state index contributed by atoms with van der Waals surface area (Å²) in [5.41, 5.74) is 3.24. The molecular weight excluding hydrogens is 366 g/mol. The van der Waals surface area contributed by atoms with Crippen molar-refractivity contribution >= 4 is 5.91 Å². The minimum absolute atomic E-state index is 0.0344. The van der Waals surface area contributed by atoms with Crippen molar-refractivity contribution in [3.05, 3.63) is 77.1 Å². The Labute approximate surface area is 170 Å². The van der Waals surface area contributed by atoms with E-state index in [9.17, 15) is 4.79 Å². The van der Waals surface area contributed by atoms with Gasteiger partial charge >= 0.3 is 0 Å². The summed E-state index contributed by atoms with van der Waals surface area (Å²) in [7, 11) is 0. The number of rotatable bonds is 6. The number of hydrogen-bond acceptors (Lipinski definition) is 5. The third-order valence-electron chi connectivity index (χ3n) is 5.14. The molecule has 0 spiro atoms. The van der Waals surface area contributed by atoms with E-state index in [2.05, 4.69) is 45.3 Å². The van der Waals surface area contributed by atoms with Crippen molar-refractivity contribution in [1.82, 2.24) is 25.1 Å². The molecule has 1 N–H and O–H groups in total. The van der Waals surface area contributed by atoms with Crippen molar-refractivity contribution in [1.29, 1.82) is 0 Å². The summed E-state index contributed by atoms with van der Waals surface area (Å²) >= 11 is 0. The molecule has 29 heavy (non-hydrogen) atoms. The molecule has 0 unspecified atom stereocenters. The lowest BCUT2D eigenvalue weighted by molar-refractivity contribution is -0.132. The first-order valence-electron chi connectivity index (χ1n) is 9.83. The van der Waals surface area contributed by atoms with Crippen LogP contribution in [0.15, 0.2) is 48.8 Å². The third-order valence-corrected chi connectivity index (χ3v) is 5.14. The predicted octanol–water partition coefficient (Wildman–Crippen LogP) is 2.92. The average molecular weight is 391 g/mol. The van der Waals surface area contributed by atoms with E-state index in [-0.39, 0.29) is 18.1 Å². The van der Waals surface area contributed by atoms with Gasteiger partial charge < -0.3 is 9.64 Å². The number of pyridine rings is 1. The Hall–Kier alpha value is -3.06. The van der Waals surface area contributed by atoms with Crippen LogP contribution >= 0.6 is 0 Å². The average Bonchev–Trinajstić information content (AvgIpc) is 3.33. The number of hydrogen-bond donors (Lipinski definition) is 1. The number of aryl methyl sites for hydroxylation is 2. The van der Waals surface area contributed by atoms with Gasteiger partial charge in [-0.15, -0.1) is 0 Å². The Morgan fingerprint density at radius 1 is 1.24 bits per heavy atom. The summed E-state index contributed by atoms with van der Waals surface area (Å²) in [6.45, 7) is 4.98. The summed E-state index contributed by atoms with van der Waals surface area (Å²) in [6.07, 6.45) is 4.36. The molecule has 3 heterocycles. The molecule has 0 aliphatic carbocycles. The van der Waals surface area contributed by atoms with Crippen molar-refractivity contribution in [3.8, 4) is 0 Å². The number of ether oxygens (including phenoxy) is 1. The van der Waals surface area contributed by atoms with Gasteiger partial charge in [0.05, 0.1) is 25.2 Å². The molecule has 0 bridgehead atoms. The first kappa shape index (κ1) is 19.3. The van der Waals surface area contributed by atoms with E-state index in [0.29, 0.717) is 31.8 Å². The molecule has 1 saturated heterocycles. The third kappa shape index (κ3) is 4.68. The number of H-pyrrole nitrogens is 1. The second-order valence-electron chi connectivity index (χ2n) is 7.54. The van der Waals surface area contributed by atoms with Gasteiger partial charge in [0.25, 0.3) is 0 Å². The van der Waals surface area contributed by atoms with Crippen LogP contribution in [0, 0.1) is 13.8 Å². The number of aromatic nitrogens is 4. The lowest BCUT2D eigenvalue weighted by Crippen LogP contribution is -2.33. The van der Waals surface area contributed by atoms with E-state index >= 15 is 0 Å². The highest BCUT2D eigenvalue weighted by Gasteiger charge is 2.38. The summed E-state index contributed by atoms with van der Waals surface area (Å²) < 4.78 is 6.16. The molecule has 1 aliphatic rings. The van der Waals surface area contributed by atoms with E-state index in [1.54, 1.807) is 12.4 Å². The number of nitrogens with one attached hydrogen (secondary N) is 1. The maximum atomic E-state index is 13.0. The molecule has 1 aliphatic heterocycles. The summed E-state index contributed by atoms with van der Waals surface area (Å²) in [6, 6.07) is 11.9. The monoisotopic (exact) mass is 391 g/mol. The second kappa shape index (κ2) is 8.53. The minimum Gasteiger partial charge on any atom is -0.372 e. The van der Waals surface area contributed by atoms with Crippen LogP contribution in [-0.4, -0.2) is 43.6 Å². The fraction of sp³-hybridized carbons (Fsp3) is 0.364. The number of carbonyl (C=O) groups excluding carboxylic acids is 1. The molecule has 3 aromatic rings. The summed E-state index contributed by atoms with van der Waals surface area (Å²) in [4.78, 5) is 23.5. The molecule has 4 rings (SSSR count). The summed E-state index contributed by atoms with van der Waals surface area (Å²) in [5, 5.41) is 7.19. The SMILES string of the molecule is Cc1cccc(CO[C@H]2C[C@@H](c3n[nH]c(C)n3)N(C(=O)Cc3cccnc3)C2)c1. The van der Waals surface area contributed by atoms with Gasteiger partial charge in [0, 0.05) is 25.4 Å². The largest absolute Gasteiger partial charge is 0.372 e. The molecule has 7 heteroatoms. The van der Waals surface area contributed by atoms with Gasteiger partial charge in [-0.25, -0.2) is 4.98 Å². The molecule has 7 nitrogen and oxygen atoms in total. The maximum absolute atomic E-state index is 13.0. The first-order chi connectivity index (χ1) is 14.1. The fourth-order valence-electron chi connectivity index (χ4n) is 3.74. The Bertz CT molecular complexity index is 972. The zero-order valence-electron chi connectivity index (χ0n) is 16.7. The molecule has 1 aromatic carbocycles. The van der Waals surface area contributed by atoms with E-state index in [1.807, 2.05) is 30.0 Å². The van der Waals surface area contributed by atoms with Crippen LogP contribution in [0.3, 0.4) is 0 Å². The van der Waals surface area contributed by atoms with E-state index < -0.39 is 0 Å². The molecule has 1 fully saturated rings. The zero-order valence-corrected chi connectivity index (χ0v) is 16.7. The van der Waals surface area contributed by atoms with Crippen LogP contribution in [0.4, 0.5) is 0 Å². The Morgan fingerprint density at radius 3 is 2.83 bits per heavy atom. The topological polar surface area (TPSA) is 84.0 Å². The van der Waals surface area contributed by atoms with Crippen molar-refractivity contribution in [3.63, 3.8) is 0 Å². The lowest BCUT2D eigenvalue weighted by Gasteiger charge is -2.22. The number of likely N-dealkylation sites (tertiary alicyclic amines) is 1. The molecule has 150 valence electrons. The van der Waals surface area contributed by atoms with Gasteiger partial charge in [0.2, 0.25) is 5.91 Å². The van der Waals surface area contributed by atoms with Crippen LogP contribution in [-0.2, 0) is 22.6 Å². The van der Waals surface area contributed by atoms with Crippen molar-refractivity contribution < 1.29 is 9.53 Å². The highest BCUT2D eigenvalue weighted by atomic mass is 16.5. The Balaban J connectivity index is 1.47. The number of benzene rings is 1. The number of aromatic amines is 1. The Morgan fingerprint density at radius 2 is 2.10 bits per heavy atom. The molecule has 2 atom stereocenters. The molecule has 2 aromatic heterocycles. The molecule has 1 amide bonds. The summed E-state index contributed by atoms with van der Waals surface area (Å²) in [5.74, 6) is 1.42. The van der Waals surface area contributed by atoms with E-state index in [1.165, 1.54) is 5.56 Å². The van der Waals surface area contributed by atoms with Crippen LogP contribution in [0.1, 0.15) is 40.8 Å². The lowest BCUT2D eigenvalue weighted by atomic mass is 10.1. The normalized spacial score (nSPS) is 18.9. The number of nitrogens with zero attached hydrogens (tertiary/aromatic N) is 4. The first-order valence-corrected chi connectivity index (χ1v) is 9.83. The minimum atomic E-state index is -0.188.